The molecule has 4 rings (SSSR count). The maximum atomic E-state index is 12.5. The number of aliphatic hydroxyl groups excluding tert-OH is 1. The number of rotatable bonds is 5. The highest BCUT2D eigenvalue weighted by molar-refractivity contribution is 5.79. The number of amides is 2. The highest BCUT2D eigenvalue weighted by Crippen LogP contribution is 2.39. The second kappa shape index (κ2) is 7.81. The molecular formula is C21H30N4O3. The molecule has 2 amide bonds. The highest BCUT2D eigenvalue weighted by atomic mass is 16.3. The van der Waals surface area contributed by atoms with Crippen LogP contribution in [0.15, 0.2) is 30.3 Å². The monoisotopic (exact) mass is 386 g/mol. The van der Waals surface area contributed by atoms with Gasteiger partial charge in [0.05, 0.1) is 11.6 Å². The van der Waals surface area contributed by atoms with Gasteiger partial charge >= 0.3 is 0 Å². The molecule has 7 nitrogen and oxygen atoms in total. The van der Waals surface area contributed by atoms with Gasteiger partial charge < -0.3 is 15.3 Å². The summed E-state index contributed by atoms with van der Waals surface area (Å²) >= 11 is 0. The number of nitrogens with one attached hydrogen (secondary N) is 1. The summed E-state index contributed by atoms with van der Waals surface area (Å²) in [5.74, 6) is -0.0125. The molecule has 0 bridgehead atoms. The Morgan fingerprint density at radius 3 is 2.64 bits per heavy atom. The fraction of sp³-hybridized carbons (Fsp3) is 0.619. The third kappa shape index (κ3) is 3.92. The smallest absolute Gasteiger partial charge is 0.224 e. The van der Waals surface area contributed by atoms with Crippen molar-refractivity contribution >= 4 is 11.8 Å². The van der Waals surface area contributed by atoms with Gasteiger partial charge in [0.1, 0.15) is 0 Å². The summed E-state index contributed by atoms with van der Waals surface area (Å²) in [5.41, 5.74) is 1.24. The van der Waals surface area contributed by atoms with Gasteiger partial charge in [-0.3, -0.25) is 19.4 Å². The second-order valence-corrected chi connectivity index (χ2v) is 8.56. The molecular weight excluding hydrogens is 356 g/mol. The number of fused-ring (bicyclic) bond motifs is 2. The van der Waals surface area contributed by atoms with Crippen LogP contribution in [0.5, 0.6) is 0 Å². The molecule has 0 aromatic heterocycles. The van der Waals surface area contributed by atoms with E-state index in [-0.39, 0.29) is 23.5 Å². The Kier molecular flexibility index (Phi) is 5.40. The molecule has 1 aromatic carbocycles. The van der Waals surface area contributed by atoms with Gasteiger partial charge in [-0.05, 0) is 12.0 Å². The third-order valence-electron chi connectivity index (χ3n) is 6.27. The molecule has 0 aliphatic carbocycles. The summed E-state index contributed by atoms with van der Waals surface area (Å²) in [6.07, 6.45) is 0.877. The van der Waals surface area contributed by atoms with Crippen molar-refractivity contribution in [3.63, 3.8) is 0 Å². The fourth-order valence-corrected chi connectivity index (χ4v) is 5.10. The first kappa shape index (κ1) is 19.4. The molecule has 3 fully saturated rings. The summed E-state index contributed by atoms with van der Waals surface area (Å²) < 4.78 is 0. The SMILES string of the molecule is CC(=O)NCCC(=O)N1CC2(CN(Cc3ccccc3)C[C@@H]3C[C@@H](O)CN32)C1. The normalized spacial score (nSPS) is 26.7. The van der Waals surface area contributed by atoms with Gasteiger partial charge in [-0.2, -0.15) is 0 Å². The number of piperazine rings is 1. The first-order chi connectivity index (χ1) is 13.4. The van der Waals surface area contributed by atoms with E-state index in [4.69, 9.17) is 0 Å². The van der Waals surface area contributed by atoms with E-state index in [2.05, 4.69) is 39.4 Å². The zero-order valence-electron chi connectivity index (χ0n) is 16.5. The zero-order chi connectivity index (χ0) is 19.7. The lowest BCUT2D eigenvalue weighted by Gasteiger charge is -2.61. The van der Waals surface area contributed by atoms with Crippen LogP contribution in [0, 0.1) is 0 Å². The van der Waals surface area contributed by atoms with Crippen molar-refractivity contribution in [1.29, 1.82) is 0 Å². The maximum absolute atomic E-state index is 12.5. The van der Waals surface area contributed by atoms with Crippen LogP contribution in [0.25, 0.3) is 0 Å². The maximum Gasteiger partial charge on any atom is 0.224 e. The molecule has 7 heteroatoms. The Morgan fingerprint density at radius 2 is 1.93 bits per heavy atom. The standard InChI is InChI=1S/C21H30N4O3/c1-16(26)22-8-7-20(28)24-14-21(15-24)13-23(10-17-5-3-2-4-6-17)11-18-9-19(27)12-25(18)21/h2-6,18-19,27H,7-15H2,1H3,(H,22,26)/t18-,19+/m0/s1. The van der Waals surface area contributed by atoms with Gasteiger partial charge in [0, 0.05) is 65.2 Å². The van der Waals surface area contributed by atoms with Crippen LogP contribution in [0.4, 0.5) is 0 Å². The zero-order valence-corrected chi connectivity index (χ0v) is 16.5. The lowest BCUT2D eigenvalue weighted by Crippen LogP contribution is -2.78. The number of nitrogens with zero attached hydrogens (tertiary/aromatic N) is 3. The van der Waals surface area contributed by atoms with Crippen molar-refractivity contribution < 1.29 is 14.7 Å². The van der Waals surface area contributed by atoms with Crippen LogP contribution in [0.3, 0.4) is 0 Å². The molecule has 0 saturated carbocycles. The summed E-state index contributed by atoms with van der Waals surface area (Å²) in [6, 6.07) is 10.8. The summed E-state index contributed by atoms with van der Waals surface area (Å²) in [4.78, 5) is 30.3. The van der Waals surface area contributed by atoms with Crippen molar-refractivity contribution in [2.24, 2.45) is 0 Å². The minimum absolute atomic E-state index is 0.0567. The number of benzene rings is 1. The molecule has 2 atom stereocenters. The van der Waals surface area contributed by atoms with Crippen LogP contribution in [-0.4, -0.2) is 88.6 Å². The van der Waals surface area contributed by atoms with Gasteiger partial charge in [0.25, 0.3) is 0 Å². The van der Waals surface area contributed by atoms with Crippen LogP contribution in [-0.2, 0) is 16.1 Å². The molecule has 3 aliphatic heterocycles. The molecule has 3 saturated heterocycles. The molecule has 28 heavy (non-hydrogen) atoms. The minimum atomic E-state index is -0.275. The largest absolute Gasteiger partial charge is 0.392 e. The summed E-state index contributed by atoms with van der Waals surface area (Å²) in [5, 5.41) is 12.9. The van der Waals surface area contributed by atoms with E-state index in [0.29, 0.717) is 38.6 Å². The number of aliphatic hydroxyl groups is 1. The molecule has 0 unspecified atom stereocenters. The van der Waals surface area contributed by atoms with Crippen molar-refractivity contribution in [2.45, 2.75) is 44.0 Å². The topological polar surface area (TPSA) is 76.1 Å². The predicted octanol–water partition coefficient (Wildman–Crippen LogP) is 0.0446. The molecule has 1 spiro atoms. The van der Waals surface area contributed by atoms with Gasteiger partial charge in [0.15, 0.2) is 0 Å². The van der Waals surface area contributed by atoms with Crippen molar-refractivity contribution in [3.8, 4) is 0 Å². The third-order valence-corrected chi connectivity index (χ3v) is 6.27. The minimum Gasteiger partial charge on any atom is -0.392 e. The number of likely N-dealkylation sites (tertiary alicyclic amines) is 1. The lowest BCUT2D eigenvalue weighted by atomic mass is 9.83. The van der Waals surface area contributed by atoms with E-state index in [1.165, 1.54) is 12.5 Å². The number of hydrogen-bond donors (Lipinski definition) is 2. The Labute approximate surface area is 166 Å². The lowest BCUT2D eigenvalue weighted by molar-refractivity contribution is -0.156. The predicted molar refractivity (Wildman–Crippen MR) is 105 cm³/mol. The Morgan fingerprint density at radius 1 is 1.18 bits per heavy atom. The van der Waals surface area contributed by atoms with E-state index < -0.39 is 0 Å². The van der Waals surface area contributed by atoms with Crippen LogP contribution in [0.1, 0.15) is 25.3 Å². The molecule has 3 aliphatic rings. The number of carbonyl (C=O) groups excluding carboxylic acids is 2. The highest BCUT2D eigenvalue weighted by Gasteiger charge is 2.56. The molecule has 1 aromatic rings. The number of β-amino-alcohol motifs (C(OH)–C–C–N with tert-alkyl or cyclic N) is 1. The van der Waals surface area contributed by atoms with Crippen molar-refractivity contribution in [2.75, 3.05) is 39.3 Å². The fourth-order valence-electron chi connectivity index (χ4n) is 5.10. The molecule has 2 N–H and O–H groups in total. The van der Waals surface area contributed by atoms with E-state index in [1.54, 1.807) is 0 Å². The Bertz CT molecular complexity index is 720. The molecule has 3 heterocycles. The van der Waals surface area contributed by atoms with Crippen LogP contribution >= 0.6 is 0 Å². The van der Waals surface area contributed by atoms with E-state index in [0.717, 1.165) is 26.1 Å². The first-order valence-corrected chi connectivity index (χ1v) is 10.2. The average molecular weight is 386 g/mol. The van der Waals surface area contributed by atoms with E-state index in [9.17, 15) is 14.7 Å². The van der Waals surface area contributed by atoms with Gasteiger partial charge in [-0.25, -0.2) is 0 Å². The molecule has 152 valence electrons. The quantitative estimate of drug-likeness (QED) is 0.748. The molecule has 0 radical (unpaired) electrons. The average Bonchev–Trinajstić information content (AvgIpc) is 3.00. The van der Waals surface area contributed by atoms with Gasteiger partial charge in [0.2, 0.25) is 11.8 Å². The summed E-state index contributed by atoms with van der Waals surface area (Å²) in [6.45, 7) is 6.76. The number of hydrogen-bond acceptors (Lipinski definition) is 5. The first-order valence-electron chi connectivity index (χ1n) is 10.2. The van der Waals surface area contributed by atoms with Crippen LogP contribution < -0.4 is 5.32 Å². The van der Waals surface area contributed by atoms with Crippen LogP contribution in [0.2, 0.25) is 0 Å². The second-order valence-electron chi connectivity index (χ2n) is 8.56. The van der Waals surface area contributed by atoms with Gasteiger partial charge in [-0.15, -0.1) is 0 Å². The Balaban J connectivity index is 1.40. The van der Waals surface area contributed by atoms with E-state index in [1.807, 2.05) is 11.0 Å². The van der Waals surface area contributed by atoms with E-state index >= 15 is 0 Å². The van der Waals surface area contributed by atoms with Gasteiger partial charge in [-0.1, -0.05) is 30.3 Å². The summed E-state index contributed by atoms with van der Waals surface area (Å²) in [7, 11) is 0. The number of carbonyl (C=O) groups is 2. The Hall–Kier alpha value is -1.96. The van der Waals surface area contributed by atoms with Crippen molar-refractivity contribution in [3.05, 3.63) is 35.9 Å². The van der Waals surface area contributed by atoms with Crippen molar-refractivity contribution in [1.82, 2.24) is 20.0 Å².